The molecule has 0 spiro atoms. The van der Waals surface area contributed by atoms with E-state index in [1.165, 1.54) is 12.8 Å². The van der Waals surface area contributed by atoms with Gasteiger partial charge in [0.25, 0.3) is 0 Å². The number of hydrogen-bond donors (Lipinski definition) is 1. The molecule has 0 saturated carbocycles. The maximum absolute atomic E-state index is 11.4. The number of sulfone groups is 1. The Labute approximate surface area is 79.8 Å². The summed E-state index contributed by atoms with van der Waals surface area (Å²) in [5, 5.41) is 3.39. The molecule has 2 aliphatic rings. The Morgan fingerprint density at radius 3 is 2.77 bits per heavy atom. The molecule has 0 aromatic carbocycles. The number of fused-ring (bicyclic) bond motifs is 1. The Morgan fingerprint density at radius 2 is 2.00 bits per heavy atom. The largest absolute Gasteiger partial charge is 0.310 e. The van der Waals surface area contributed by atoms with Crippen LogP contribution >= 0.6 is 0 Å². The van der Waals surface area contributed by atoms with Crippen LogP contribution in [0.15, 0.2) is 0 Å². The molecule has 0 aromatic rings. The minimum absolute atomic E-state index is 0.238. The first kappa shape index (κ1) is 9.46. The molecule has 3 nitrogen and oxygen atoms in total. The molecule has 13 heavy (non-hydrogen) atoms. The van der Waals surface area contributed by atoms with Gasteiger partial charge in [0, 0.05) is 12.1 Å². The highest BCUT2D eigenvalue weighted by molar-refractivity contribution is 7.91. The molecule has 1 N–H and O–H groups in total. The van der Waals surface area contributed by atoms with Crippen LogP contribution in [0.4, 0.5) is 0 Å². The summed E-state index contributed by atoms with van der Waals surface area (Å²) in [6.45, 7) is 2.14. The average molecular weight is 203 g/mol. The van der Waals surface area contributed by atoms with E-state index in [4.69, 9.17) is 0 Å². The molecule has 0 bridgehead atoms. The molecular formula is C9H17NO2S. The molecule has 2 aliphatic heterocycles. The number of nitrogens with one attached hydrogen (secondary N) is 1. The predicted octanol–water partition coefficient (Wildman–Crippen LogP) is 0.562. The highest BCUT2D eigenvalue weighted by atomic mass is 32.2. The fourth-order valence-corrected chi connectivity index (χ4v) is 4.21. The van der Waals surface area contributed by atoms with Crippen molar-refractivity contribution in [2.75, 3.05) is 11.5 Å². The van der Waals surface area contributed by atoms with Crippen molar-refractivity contribution in [2.45, 2.75) is 38.3 Å². The summed E-state index contributed by atoms with van der Waals surface area (Å²) in [4.78, 5) is 0. The lowest BCUT2D eigenvalue weighted by molar-refractivity contribution is 0.241. The Bertz CT molecular complexity index is 286. The monoisotopic (exact) mass is 203 g/mol. The molecular weight excluding hydrogens is 186 g/mol. The maximum Gasteiger partial charge on any atom is 0.151 e. The SMILES string of the molecule is CC1CCC2CCS(=O)(=O)CC2N1. The third-order valence-electron chi connectivity index (χ3n) is 3.27. The lowest BCUT2D eigenvalue weighted by Crippen LogP contribution is -2.52. The lowest BCUT2D eigenvalue weighted by Gasteiger charge is -2.39. The number of hydrogen-bond acceptors (Lipinski definition) is 3. The smallest absolute Gasteiger partial charge is 0.151 e. The van der Waals surface area contributed by atoms with Crippen LogP contribution in [0.3, 0.4) is 0 Å². The van der Waals surface area contributed by atoms with Crippen LogP contribution < -0.4 is 5.32 Å². The molecule has 0 radical (unpaired) electrons. The second kappa shape index (κ2) is 3.24. The van der Waals surface area contributed by atoms with Gasteiger partial charge in [-0.1, -0.05) is 0 Å². The van der Waals surface area contributed by atoms with Gasteiger partial charge in [-0.25, -0.2) is 8.42 Å². The highest BCUT2D eigenvalue weighted by Crippen LogP contribution is 2.28. The van der Waals surface area contributed by atoms with Crippen LogP contribution in [0.25, 0.3) is 0 Å². The van der Waals surface area contributed by atoms with Gasteiger partial charge < -0.3 is 5.32 Å². The Balaban J connectivity index is 2.08. The third-order valence-corrected chi connectivity index (χ3v) is 5.00. The molecule has 3 atom stereocenters. The van der Waals surface area contributed by atoms with Crippen LogP contribution in [0.1, 0.15) is 26.2 Å². The zero-order chi connectivity index (χ0) is 9.47. The quantitative estimate of drug-likeness (QED) is 0.626. The summed E-state index contributed by atoms with van der Waals surface area (Å²) in [6.07, 6.45) is 3.27. The first-order valence-electron chi connectivity index (χ1n) is 5.03. The first-order valence-corrected chi connectivity index (χ1v) is 6.85. The summed E-state index contributed by atoms with van der Waals surface area (Å²) in [5.74, 6) is 1.38. The first-order chi connectivity index (χ1) is 6.07. The third kappa shape index (κ3) is 2.05. The van der Waals surface area contributed by atoms with Gasteiger partial charge in [-0.3, -0.25) is 0 Å². The van der Waals surface area contributed by atoms with Crippen LogP contribution in [0, 0.1) is 5.92 Å². The van der Waals surface area contributed by atoms with Crippen LogP contribution in [0.5, 0.6) is 0 Å². The second-order valence-corrected chi connectivity index (χ2v) is 6.64. The Morgan fingerprint density at radius 1 is 1.23 bits per heavy atom. The van der Waals surface area contributed by atoms with E-state index in [1.54, 1.807) is 0 Å². The summed E-state index contributed by atoms with van der Waals surface area (Å²) >= 11 is 0. The normalized spacial score (nSPS) is 43.9. The zero-order valence-electron chi connectivity index (χ0n) is 7.99. The molecule has 2 saturated heterocycles. The Hall–Kier alpha value is -0.0900. The summed E-state index contributed by atoms with van der Waals surface area (Å²) < 4.78 is 22.7. The minimum atomic E-state index is -2.74. The maximum atomic E-state index is 11.4. The highest BCUT2D eigenvalue weighted by Gasteiger charge is 2.35. The van der Waals surface area contributed by atoms with E-state index in [2.05, 4.69) is 12.2 Å². The van der Waals surface area contributed by atoms with Gasteiger partial charge in [-0.15, -0.1) is 0 Å². The van der Waals surface area contributed by atoms with Gasteiger partial charge in [-0.05, 0) is 32.1 Å². The molecule has 76 valence electrons. The van der Waals surface area contributed by atoms with Gasteiger partial charge >= 0.3 is 0 Å². The van der Waals surface area contributed by atoms with Crippen molar-refractivity contribution in [1.29, 1.82) is 0 Å². The van der Waals surface area contributed by atoms with Crippen molar-refractivity contribution in [3.05, 3.63) is 0 Å². The number of rotatable bonds is 0. The van der Waals surface area contributed by atoms with Gasteiger partial charge in [0.15, 0.2) is 9.84 Å². The van der Waals surface area contributed by atoms with E-state index in [0.717, 1.165) is 6.42 Å². The van der Waals surface area contributed by atoms with Gasteiger partial charge in [-0.2, -0.15) is 0 Å². The zero-order valence-corrected chi connectivity index (χ0v) is 8.81. The van der Waals surface area contributed by atoms with Gasteiger partial charge in [0.05, 0.1) is 11.5 Å². The van der Waals surface area contributed by atoms with Crippen molar-refractivity contribution in [3.63, 3.8) is 0 Å². The van der Waals surface area contributed by atoms with E-state index in [-0.39, 0.29) is 6.04 Å². The second-order valence-electron chi connectivity index (χ2n) is 4.41. The molecule has 4 heteroatoms. The van der Waals surface area contributed by atoms with Gasteiger partial charge in [0.2, 0.25) is 0 Å². The van der Waals surface area contributed by atoms with Crippen molar-refractivity contribution in [2.24, 2.45) is 5.92 Å². The van der Waals surface area contributed by atoms with E-state index in [1.807, 2.05) is 0 Å². The standard InChI is InChI=1S/C9H17NO2S/c1-7-2-3-8-4-5-13(11,12)6-9(8)10-7/h7-10H,2-6H2,1H3. The molecule has 2 fully saturated rings. The minimum Gasteiger partial charge on any atom is -0.310 e. The lowest BCUT2D eigenvalue weighted by atomic mass is 9.86. The predicted molar refractivity (Wildman–Crippen MR) is 52.4 cm³/mol. The summed E-state index contributed by atoms with van der Waals surface area (Å²) in [7, 11) is -2.74. The average Bonchev–Trinajstić information content (AvgIpc) is 2.01. The van der Waals surface area contributed by atoms with Crippen LogP contribution in [-0.4, -0.2) is 32.0 Å². The molecule has 0 amide bonds. The fraction of sp³-hybridized carbons (Fsp3) is 1.00. The van der Waals surface area contributed by atoms with E-state index >= 15 is 0 Å². The molecule has 0 aromatic heterocycles. The Kier molecular flexibility index (Phi) is 2.36. The van der Waals surface area contributed by atoms with E-state index in [0.29, 0.717) is 23.5 Å². The van der Waals surface area contributed by atoms with E-state index < -0.39 is 9.84 Å². The number of piperidine rings is 1. The molecule has 0 aliphatic carbocycles. The van der Waals surface area contributed by atoms with Crippen LogP contribution in [0.2, 0.25) is 0 Å². The van der Waals surface area contributed by atoms with Gasteiger partial charge in [0.1, 0.15) is 0 Å². The van der Waals surface area contributed by atoms with Crippen molar-refractivity contribution < 1.29 is 8.42 Å². The summed E-state index contributed by atoms with van der Waals surface area (Å²) in [6, 6.07) is 0.733. The fourth-order valence-electron chi connectivity index (χ4n) is 2.47. The van der Waals surface area contributed by atoms with Crippen molar-refractivity contribution >= 4 is 9.84 Å². The van der Waals surface area contributed by atoms with Crippen molar-refractivity contribution in [3.8, 4) is 0 Å². The van der Waals surface area contributed by atoms with E-state index in [9.17, 15) is 8.42 Å². The molecule has 2 rings (SSSR count). The van der Waals surface area contributed by atoms with Crippen LogP contribution in [-0.2, 0) is 9.84 Å². The van der Waals surface area contributed by atoms with Crippen molar-refractivity contribution in [1.82, 2.24) is 5.32 Å². The molecule has 3 unspecified atom stereocenters. The summed E-state index contributed by atoms with van der Waals surface area (Å²) in [5.41, 5.74) is 0. The molecule has 2 heterocycles. The topological polar surface area (TPSA) is 46.2 Å².